The number of hydrogen-bond acceptors (Lipinski definition) is 2. The van der Waals surface area contributed by atoms with Crippen LogP contribution in [0.5, 0.6) is 0 Å². The monoisotopic (exact) mass is 259 g/mol. The number of carboxylic acids is 1. The van der Waals surface area contributed by atoms with Crippen molar-refractivity contribution in [3.8, 4) is 0 Å². The van der Waals surface area contributed by atoms with Gasteiger partial charge in [0, 0.05) is 6.54 Å². The van der Waals surface area contributed by atoms with E-state index in [2.05, 4.69) is 18.0 Å². The summed E-state index contributed by atoms with van der Waals surface area (Å²) in [5.41, 5.74) is 1.75. The molecule has 3 nitrogen and oxygen atoms in total. The molecule has 1 saturated heterocycles. The third kappa shape index (κ3) is 1.96. The van der Waals surface area contributed by atoms with Gasteiger partial charge in [0.2, 0.25) is 0 Å². The number of rotatable bonds is 3. The van der Waals surface area contributed by atoms with E-state index in [9.17, 15) is 9.90 Å². The van der Waals surface area contributed by atoms with Gasteiger partial charge in [-0.05, 0) is 49.9 Å². The lowest BCUT2D eigenvalue weighted by molar-refractivity contribution is -0.147. The summed E-state index contributed by atoms with van der Waals surface area (Å²) in [6.45, 7) is 2.16. The third-order valence-electron chi connectivity index (χ3n) is 4.92. The van der Waals surface area contributed by atoms with Gasteiger partial charge in [-0.15, -0.1) is 0 Å². The average molecular weight is 259 g/mol. The normalized spacial score (nSPS) is 26.1. The van der Waals surface area contributed by atoms with Crippen LogP contribution in [-0.4, -0.2) is 36.1 Å². The van der Waals surface area contributed by atoms with Gasteiger partial charge >= 0.3 is 5.97 Å². The number of likely N-dealkylation sites (tertiary alicyclic amines) is 1. The average Bonchev–Trinajstić information content (AvgIpc) is 2.74. The predicted octanol–water partition coefficient (Wildman–Crippen LogP) is 2.61. The Kier molecular flexibility index (Phi) is 3.09. The van der Waals surface area contributed by atoms with Crippen LogP contribution in [0.3, 0.4) is 0 Å². The summed E-state index contributed by atoms with van der Waals surface area (Å²) >= 11 is 0. The Balaban J connectivity index is 2.00. The van der Waals surface area contributed by atoms with E-state index in [4.69, 9.17) is 0 Å². The molecule has 1 atom stereocenters. The Morgan fingerprint density at radius 2 is 2.11 bits per heavy atom. The van der Waals surface area contributed by atoms with Crippen LogP contribution >= 0.6 is 0 Å². The number of benzene rings is 1. The molecule has 0 amide bonds. The fraction of sp³-hybridized carbons (Fsp3) is 0.562. The molecule has 0 aromatic heterocycles. The summed E-state index contributed by atoms with van der Waals surface area (Å²) in [6, 6.07) is 8.22. The number of carboxylic acid groups (broad SMARTS) is 1. The zero-order valence-corrected chi connectivity index (χ0v) is 11.4. The van der Waals surface area contributed by atoms with Crippen LogP contribution in [0.4, 0.5) is 0 Å². The summed E-state index contributed by atoms with van der Waals surface area (Å²) in [5.74, 6) is -0.143. The maximum Gasteiger partial charge on any atom is 0.314 e. The molecule has 0 radical (unpaired) electrons. The summed E-state index contributed by atoms with van der Waals surface area (Å²) < 4.78 is 0. The molecule has 19 heavy (non-hydrogen) atoms. The number of aliphatic carboxylic acids is 1. The second-order valence-electron chi connectivity index (χ2n) is 6.08. The van der Waals surface area contributed by atoms with Crippen molar-refractivity contribution >= 4 is 5.97 Å². The van der Waals surface area contributed by atoms with E-state index >= 15 is 0 Å². The number of nitrogens with zero attached hydrogens (tertiary/aromatic N) is 1. The first-order valence-electron chi connectivity index (χ1n) is 7.15. The molecule has 1 aliphatic heterocycles. The van der Waals surface area contributed by atoms with E-state index in [1.165, 1.54) is 5.56 Å². The van der Waals surface area contributed by atoms with Gasteiger partial charge < -0.3 is 10.0 Å². The maximum absolute atomic E-state index is 11.7. The lowest BCUT2D eigenvalue weighted by Crippen LogP contribution is -2.43. The molecule has 3 rings (SSSR count). The maximum atomic E-state index is 11.7. The molecule has 1 heterocycles. The highest BCUT2D eigenvalue weighted by atomic mass is 16.4. The molecular formula is C16H21NO2. The molecule has 1 aliphatic carbocycles. The van der Waals surface area contributed by atoms with Gasteiger partial charge in [0.25, 0.3) is 0 Å². The molecule has 1 N–H and O–H groups in total. The van der Waals surface area contributed by atoms with Gasteiger partial charge in [0.05, 0.1) is 5.41 Å². The first kappa shape index (κ1) is 12.7. The Morgan fingerprint density at radius 1 is 1.37 bits per heavy atom. The summed E-state index contributed by atoms with van der Waals surface area (Å²) in [5, 5.41) is 9.65. The van der Waals surface area contributed by atoms with Crippen molar-refractivity contribution in [1.29, 1.82) is 0 Å². The zero-order valence-electron chi connectivity index (χ0n) is 11.4. The molecule has 0 bridgehead atoms. The minimum Gasteiger partial charge on any atom is -0.481 e. The lowest BCUT2D eigenvalue weighted by Gasteiger charge is -2.40. The van der Waals surface area contributed by atoms with Crippen molar-refractivity contribution in [3.63, 3.8) is 0 Å². The predicted molar refractivity (Wildman–Crippen MR) is 74.5 cm³/mol. The van der Waals surface area contributed by atoms with E-state index in [1.54, 1.807) is 0 Å². The van der Waals surface area contributed by atoms with Crippen LogP contribution in [0.15, 0.2) is 24.3 Å². The SMILES string of the molecule is CN1CCC(c2ccccc2C2(C(=O)O)CCC2)C1. The van der Waals surface area contributed by atoms with E-state index < -0.39 is 11.4 Å². The Hall–Kier alpha value is -1.35. The van der Waals surface area contributed by atoms with Crippen molar-refractivity contribution in [2.45, 2.75) is 37.0 Å². The quantitative estimate of drug-likeness (QED) is 0.907. The van der Waals surface area contributed by atoms with Gasteiger partial charge in [-0.1, -0.05) is 30.7 Å². The minimum absolute atomic E-state index is 0.498. The van der Waals surface area contributed by atoms with E-state index in [1.807, 2.05) is 18.2 Å². The summed E-state index contributed by atoms with van der Waals surface area (Å²) in [4.78, 5) is 14.1. The highest BCUT2D eigenvalue weighted by molar-refractivity contribution is 5.83. The van der Waals surface area contributed by atoms with Crippen molar-refractivity contribution in [2.75, 3.05) is 20.1 Å². The van der Waals surface area contributed by atoms with Crippen molar-refractivity contribution < 1.29 is 9.90 Å². The molecule has 1 aromatic carbocycles. The third-order valence-corrected chi connectivity index (χ3v) is 4.92. The molecule has 3 heteroatoms. The molecule has 1 unspecified atom stereocenters. The van der Waals surface area contributed by atoms with Crippen LogP contribution in [0, 0.1) is 0 Å². The van der Waals surface area contributed by atoms with Crippen molar-refractivity contribution in [3.05, 3.63) is 35.4 Å². The first-order valence-corrected chi connectivity index (χ1v) is 7.15. The molecular weight excluding hydrogens is 238 g/mol. The van der Waals surface area contributed by atoms with E-state index in [0.717, 1.165) is 44.3 Å². The van der Waals surface area contributed by atoms with Gasteiger partial charge in [0.1, 0.15) is 0 Å². The molecule has 2 aliphatic rings. The summed E-state index contributed by atoms with van der Waals surface area (Å²) in [7, 11) is 2.14. The number of hydrogen-bond donors (Lipinski definition) is 1. The first-order chi connectivity index (χ1) is 9.13. The van der Waals surface area contributed by atoms with Gasteiger partial charge in [0.15, 0.2) is 0 Å². The Bertz CT molecular complexity index is 493. The van der Waals surface area contributed by atoms with E-state index in [0.29, 0.717) is 5.92 Å². The highest BCUT2D eigenvalue weighted by Crippen LogP contribution is 2.47. The second kappa shape index (κ2) is 4.64. The standard InChI is InChI=1S/C16H21NO2/c1-17-10-7-12(11-17)13-5-2-3-6-14(13)16(15(18)19)8-4-9-16/h2-3,5-6,12H,4,7-11H2,1H3,(H,18,19). The Labute approximate surface area is 114 Å². The molecule has 2 fully saturated rings. The largest absolute Gasteiger partial charge is 0.481 e. The summed E-state index contributed by atoms with van der Waals surface area (Å²) in [6.07, 6.45) is 3.76. The van der Waals surface area contributed by atoms with Crippen LogP contribution in [0.2, 0.25) is 0 Å². The van der Waals surface area contributed by atoms with Crippen LogP contribution < -0.4 is 0 Å². The molecule has 0 spiro atoms. The van der Waals surface area contributed by atoms with Gasteiger partial charge in [-0.2, -0.15) is 0 Å². The van der Waals surface area contributed by atoms with Gasteiger partial charge in [-0.3, -0.25) is 4.79 Å². The lowest BCUT2D eigenvalue weighted by atomic mass is 9.62. The Morgan fingerprint density at radius 3 is 2.63 bits per heavy atom. The fourth-order valence-corrected chi connectivity index (χ4v) is 3.61. The topological polar surface area (TPSA) is 40.5 Å². The minimum atomic E-state index is -0.641. The van der Waals surface area contributed by atoms with Crippen LogP contribution in [0.1, 0.15) is 42.7 Å². The van der Waals surface area contributed by atoms with Crippen molar-refractivity contribution in [1.82, 2.24) is 4.90 Å². The van der Waals surface area contributed by atoms with Crippen LogP contribution in [0.25, 0.3) is 0 Å². The highest BCUT2D eigenvalue weighted by Gasteiger charge is 2.47. The van der Waals surface area contributed by atoms with E-state index in [-0.39, 0.29) is 0 Å². The molecule has 102 valence electrons. The fourth-order valence-electron chi connectivity index (χ4n) is 3.61. The zero-order chi connectivity index (χ0) is 13.5. The number of likely N-dealkylation sites (N-methyl/N-ethyl adjacent to an activating group) is 1. The molecule has 1 aromatic rings. The van der Waals surface area contributed by atoms with Gasteiger partial charge in [-0.25, -0.2) is 0 Å². The molecule has 1 saturated carbocycles. The van der Waals surface area contributed by atoms with Crippen LogP contribution in [-0.2, 0) is 10.2 Å². The smallest absolute Gasteiger partial charge is 0.314 e. The second-order valence-corrected chi connectivity index (χ2v) is 6.08. The number of carbonyl (C=O) groups is 1. The van der Waals surface area contributed by atoms with Crippen molar-refractivity contribution in [2.24, 2.45) is 0 Å².